The van der Waals surface area contributed by atoms with Crippen molar-refractivity contribution < 1.29 is 4.79 Å². The molecule has 0 aliphatic heterocycles. The minimum absolute atomic E-state index is 0.0335. The van der Waals surface area contributed by atoms with Gasteiger partial charge in [0.2, 0.25) is 0 Å². The molecule has 0 bridgehead atoms. The Morgan fingerprint density at radius 1 is 1.26 bits per heavy atom. The standard InChI is InChI=1S/C14H17N3O2/c1-10-9-16(3)14(19)17(10)12-6-4-11(5-7-12)13(18)8-15-2/h4-7,9,15H,8H2,1-3H3. The fraction of sp³-hybridized carbons (Fsp3) is 0.286. The number of benzene rings is 1. The Balaban J connectivity index is 2.38. The fourth-order valence-electron chi connectivity index (χ4n) is 2.07. The number of carbonyl (C=O) groups excluding carboxylic acids is 1. The summed E-state index contributed by atoms with van der Waals surface area (Å²) in [5, 5.41) is 2.83. The highest BCUT2D eigenvalue weighted by Crippen LogP contribution is 2.10. The number of nitrogens with one attached hydrogen (secondary N) is 1. The molecule has 1 heterocycles. The molecule has 0 saturated carbocycles. The van der Waals surface area contributed by atoms with E-state index in [-0.39, 0.29) is 11.5 Å². The topological polar surface area (TPSA) is 56.0 Å². The van der Waals surface area contributed by atoms with Gasteiger partial charge in [0.1, 0.15) is 0 Å². The maximum Gasteiger partial charge on any atom is 0.332 e. The normalized spacial score (nSPS) is 10.7. The number of imidazole rings is 1. The van der Waals surface area contributed by atoms with Crippen LogP contribution in [0.4, 0.5) is 0 Å². The summed E-state index contributed by atoms with van der Waals surface area (Å²) in [6, 6.07) is 7.07. The van der Waals surface area contributed by atoms with Crippen molar-refractivity contribution >= 4 is 5.78 Å². The highest BCUT2D eigenvalue weighted by Gasteiger charge is 2.09. The largest absolute Gasteiger partial charge is 0.332 e. The van der Waals surface area contributed by atoms with Crippen LogP contribution in [-0.4, -0.2) is 28.5 Å². The molecule has 0 fully saturated rings. The van der Waals surface area contributed by atoms with Crippen LogP contribution in [-0.2, 0) is 7.05 Å². The number of aryl methyl sites for hydroxylation is 2. The third-order valence-electron chi connectivity index (χ3n) is 3.01. The molecule has 0 radical (unpaired) electrons. The number of hydrogen-bond donors (Lipinski definition) is 1. The van der Waals surface area contributed by atoms with Crippen LogP contribution in [0.2, 0.25) is 0 Å². The number of nitrogens with zero attached hydrogens (tertiary/aromatic N) is 2. The summed E-state index contributed by atoms with van der Waals surface area (Å²) in [6.45, 7) is 2.19. The number of hydrogen-bond acceptors (Lipinski definition) is 3. The lowest BCUT2D eigenvalue weighted by Crippen LogP contribution is -2.21. The molecule has 0 aliphatic rings. The van der Waals surface area contributed by atoms with Crippen molar-refractivity contribution in [2.75, 3.05) is 13.6 Å². The Kier molecular flexibility index (Phi) is 3.66. The van der Waals surface area contributed by atoms with Crippen LogP contribution >= 0.6 is 0 Å². The van der Waals surface area contributed by atoms with Gasteiger partial charge in [0.15, 0.2) is 5.78 Å². The van der Waals surface area contributed by atoms with Crippen molar-refractivity contribution in [2.45, 2.75) is 6.92 Å². The van der Waals surface area contributed by atoms with Crippen molar-refractivity contribution in [3.8, 4) is 5.69 Å². The molecule has 2 aromatic rings. The van der Waals surface area contributed by atoms with E-state index in [1.54, 1.807) is 49.1 Å². The van der Waals surface area contributed by atoms with Crippen LogP contribution in [0.5, 0.6) is 0 Å². The van der Waals surface area contributed by atoms with Crippen LogP contribution in [0.15, 0.2) is 35.3 Å². The highest BCUT2D eigenvalue weighted by atomic mass is 16.1. The van der Waals surface area contributed by atoms with Crippen molar-refractivity contribution in [1.29, 1.82) is 0 Å². The number of rotatable bonds is 4. The molecule has 1 N–H and O–H groups in total. The predicted molar refractivity (Wildman–Crippen MR) is 74.0 cm³/mol. The van der Waals surface area contributed by atoms with Gasteiger partial charge in [-0.2, -0.15) is 0 Å². The van der Waals surface area contributed by atoms with Crippen LogP contribution in [0.3, 0.4) is 0 Å². The van der Waals surface area contributed by atoms with Gasteiger partial charge in [0.25, 0.3) is 0 Å². The number of carbonyl (C=O) groups is 1. The molecule has 0 amide bonds. The van der Waals surface area contributed by atoms with E-state index in [2.05, 4.69) is 5.32 Å². The third-order valence-corrected chi connectivity index (χ3v) is 3.01. The first kappa shape index (κ1) is 13.3. The maximum absolute atomic E-state index is 12.0. The molecule has 0 spiro atoms. The second-order valence-electron chi connectivity index (χ2n) is 4.50. The fourth-order valence-corrected chi connectivity index (χ4v) is 2.07. The third kappa shape index (κ3) is 2.51. The quantitative estimate of drug-likeness (QED) is 0.830. The van der Waals surface area contributed by atoms with Crippen LogP contribution < -0.4 is 11.0 Å². The van der Waals surface area contributed by atoms with Gasteiger partial charge in [-0.3, -0.25) is 9.36 Å². The molecule has 5 heteroatoms. The van der Waals surface area contributed by atoms with Gasteiger partial charge in [-0.1, -0.05) is 0 Å². The first-order chi connectivity index (χ1) is 9.04. The summed E-state index contributed by atoms with van der Waals surface area (Å²) in [6.07, 6.45) is 1.78. The highest BCUT2D eigenvalue weighted by molar-refractivity contribution is 5.97. The van der Waals surface area contributed by atoms with E-state index in [9.17, 15) is 9.59 Å². The number of Topliss-reactive ketones (excluding diaryl/α,β-unsaturated/α-hetero) is 1. The SMILES string of the molecule is CNCC(=O)c1ccc(-n2c(C)cn(C)c2=O)cc1. The molecular formula is C14H17N3O2. The van der Waals surface area contributed by atoms with Gasteiger partial charge in [0.05, 0.1) is 12.2 Å². The van der Waals surface area contributed by atoms with E-state index in [4.69, 9.17) is 0 Å². The van der Waals surface area contributed by atoms with Gasteiger partial charge in [-0.05, 0) is 38.2 Å². The summed E-state index contributed by atoms with van der Waals surface area (Å²) in [5.41, 5.74) is 2.18. The summed E-state index contributed by atoms with van der Waals surface area (Å²) in [4.78, 5) is 23.7. The Bertz CT molecular complexity index is 650. The van der Waals surface area contributed by atoms with Crippen molar-refractivity contribution in [2.24, 2.45) is 7.05 Å². The average Bonchev–Trinajstić information content (AvgIpc) is 2.64. The molecule has 0 saturated heterocycles. The molecule has 19 heavy (non-hydrogen) atoms. The Morgan fingerprint density at radius 2 is 1.89 bits per heavy atom. The zero-order chi connectivity index (χ0) is 14.0. The smallest absolute Gasteiger partial charge is 0.313 e. The molecule has 1 aromatic heterocycles. The molecule has 0 atom stereocenters. The minimum atomic E-state index is -0.0909. The van der Waals surface area contributed by atoms with E-state index in [0.29, 0.717) is 12.1 Å². The first-order valence-corrected chi connectivity index (χ1v) is 6.08. The summed E-state index contributed by atoms with van der Waals surface area (Å²) >= 11 is 0. The van der Waals surface area contributed by atoms with Gasteiger partial charge in [-0.15, -0.1) is 0 Å². The van der Waals surface area contributed by atoms with Gasteiger partial charge < -0.3 is 9.88 Å². The van der Waals surface area contributed by atoms with Crippen LogP contribution in [0.25, 0.3) is 5.69 Å². The second kappa shape index (κ2) is 5.24. The summed E-state index contributed by atoms with van der Waals surface area (Å²) < 4.78 is 3.15. The molecule has 0 unspecified atom stereocenters. The van der Waals surface area contributed by atoms with E-state index >= 15 is 0 Å². The summed E-state index contributed by atoms with van der Waals surface area (Å²) in [7, 11) is 3.45. The van der Waals surface area contributed by atoms with Gasteiger partial charge in [-0.25, -0.2) is 4.79 Å². The molecule has 100 valence electrons. The lowest BCUT2D eigenvalue weighted by molar-refractivity contribution is 0.0993. The van der Waals surface area contributed by atoms with Crippen LogP contribution in [0.1, 0.15) is 16.1 Å². The van der Waals surface area contributed by atoms with Gasteiger partial charge in [0, 0.05) is 24.5 Å². The number of aromatic nitrogens is 2. The van der Waals surface area contributed by atoms with E-state index in [1.165, 1.54) is 4.57 Å². The molecule has 1 aromatic carbocycles. The van der Waals surface area contributed by atoms with E-state index in [1.807, 2.05) is 6.92 Å². The number of ketones is 1. The Labute approximate surface area is 111 Å². The number of likely N-dealkylation sites (N-methyl/N-ethyl adjacent to an activating group) is 1. The second-order valence-corrected chi connectivity index (χ2v) is 4.50. The maximum atomic E-state index is 12.0. The predicted octanol–water partition coefficient (Wildman–Crippen LogP) is 0.887. The lowest BCUT2D eigenvalue weighted by Gasteiger charge is -2.05. The Morgan fingerprint density at radius 3 is 2.37 bits per heavy atom. The zero-order valence-corrected chi connectivity index (χ0v) is 11.3. The molecule has 5 nitrogen and oxygen atoms in total. The first-order valence-electron chi connectivity index (χ1n) is 6.08. The van der Waals surface area contributed by atoms with Crippen LogP contribution in [0, 0.1) is 6.92 Å². The molecule has 0 aliphatic carbocycles. The lowest BCUT2D eigenvalue weighted by atomic mass is 10.1. The monoisotopic (exact) mass is 259 g/mol. The molecular weight excluding hydrogens is 242 g/mol. The molecule has 2 rings (SSSR count). The van der Waals surface area contributed by atoms with Crippen molar-refractivity contribution in [1.82, 2.24) is 14.5 Å². The minimum Gasteiger partial charge on any atom is -0.313 e. The van der Waals surface area contributed by atoms with Gasteiger partial charge >= 0.3 is 5.69 Å². The van der Waals surface area contributed by atoms with E-state index in [0.717, 1.165) is 11.4 Å². The average molecular weight is 259 g/mol. The van der Waals surface area contributed by atoms with E-state index < -0.39 is 0 Å². The Hall–Kier alpha value is -2.14. The summed E-state index contributed by atoms with van der Waals surface area (Å²) in [5.74, 6) is 0.0335. The van der Waals surface area contributed by atoms with Crippen molar-refractivity contribution in [3.05, 3.63) is 52.2 Å². The van der Waals surface area contributed by atoms with Crippen molar-refractivity contribution in [3.63, 3.8) is 0 Å². The zero-order valence-electron chi connectivity index (χ0n) is 11.3.